The van der Waals surface area contributed by atoms with Crippen LogP contribution in [0.25, 0.3) is 11.4 Å². The lowest BCUT2D eigenvalue weighted by Gasteiger charge is -2.14. The van der Waals surface area contributed by atoms with Crippen molar-refractivity contribution < 1.29 is 17.9 Å². The lowest BCUT2D eigenvalue weighted by molar-refractivity contribution is -0.137. The SMILES string of the molecule is COc1nc(-c2cnc3n2/N=C(/c2cnc(N)c(C(F)(F)F)c2)C/C=C\C3)cnc1N. The van der Waals surface area contributed by atoms with E-state index >= 15 is 0 Å². The van der Waals surface area contributed by atoms with E-state index in [4.69, 9.17) is 16.2 Å². The van der Waals surface area contributed by atoms with Gasteiger partial charge in [0, 0.05) is 24.6 Å². The first-order valence-electron chi connectivity index (χ1n) is 9.07. The molecule has 0 atom stereocenters. The first-order valence-corrected chi connectivity index (χ1v) is 9.07. The minimum Gasteiger partial charge on any atom is -0.478 e. The molecule has 0 bridgehead atoms. The quantitative estimate of drug-likeness (QED) is 0.611. The van der Waals surface area contributed by atoms with Crippen molar-refractivity contribution >= 4 is 17.3 Å². The molecule has 0 radical (unpaired) electrons. The number of alkyl halides is 3. The fraction of sp³-hybridized carbons (Fsp3) is 0.211. The average molecular weight is 430 g/mol. The third kappa shape index (κ3) is 3.91. The highest BCUT2D eigenvalue weighted by Gasteiger charge is 2.34. The van der Waals surface area contributed by atoms with Crippen LogP contribution in [0.2, 0.25) is 0 Å². The van der Waals surface area contributed by atoms with Crippen LogP contribution in [0, 0.1) is 0 Å². The monoisotopic (exact) mass is 430 g/mol. The molecule has 0 fully saturated rings. The molecule has 12 heteroatoms. The van der Waals surface area contributed by atoms with Crippen molar-refractivity contribution in [3.63, 3.8) is 0 Å². The number of nitrogens with zero attached hydrogens (tertiary/aromatic N) is 6. The van der Waals surface area contributed by atoms with Gasteiger partial charge in [0.15, 0.2) is 5.82 Å². The molecule has 3 aromatic heterocycles. The largest absolute Gasteiger partial charge is 0.478 e. The summed E-state index contributed by atoms with van der Waals surface area (Å²) in [6.07, 6.45) is 4.07. The number of rotatable bonds is 3. The van der Waals surface area contributed by atoms with E-state index in [1.165, 1.54) is 24.2 Å². The number of anilines is 2. The van der Waals surface area contributed by atoms with Crippen LogP contribution in [0.1, 0.15) is 23.4 Å². The number of allylic oxidation sites excluding steroid dienone is 2. The molecule has 31 heavy (non-hydrogen) atoms. The van der Waals surface area contributed by atoms with Crippen LogP contribution in [0.5, 0.6) is 5.88 Å². The van der Waals surface area contributed by atoms with Crippen LogP contribution in [0.15, 0.2) is 41.9 Å². The van der Waals surface area contributed by atoms with Crippen LogP contribution in [0.4, 0.5) is 24.8 Å². The van der Waals surface area contributed by atoms with Crippen LogP contribution in [-0.2, 0) is 12.6 Å². The highest BCUT2D eigenvalue weighted by molar-refractivity contribution is 6.01. The van der Waals surface area contributed by atoms with Gasteiger partial charge in [0.05, 0.1) is 30.8 Å². The zero-order valence-corrected chi connectivity index (χ0v) is 16.3. The van der Waals surface area contributed by atoms with Crippen molar-refractivity contribution in [3.05, 3.63) is 53.8 Å². The number of aromatic nitrogens is 5. The van der Waals surface area contributed by atoms with Gasteiger partial charge in [-0.1, -0.05) is 12.2 Å². The van der Waals surface area contributed by atoms with Crippen molar-refractivity contribution in [2.75, 3.05) is 18.6 Å². The summed E-state index contributed by atoms with van der Waals surface area (Å²) in [5, 5.41) is 4.57. The molecule has 9 nitrogen and oxygen atoms in total. The van der Waals surface area contributed by atoms with Gasteiger partial charge in [-0.3, -0.25) is 0 Å². The molecule has 4 heterocycles. The van der Waals surface area contributed by atoms with Crippen molar-refractivity contribution in [1.29, 1.82) is 0 Å². The average Bonchev–Trinajstić information content (AvgIpc) is 3.09. The van der Waals surface area contributed by atoms with E-state index in [0.29, 0.717) is 29.3 Å². The molecule has 3 aromatic rings. The van der Waals surface area contributed by atoms with Gasteiger partial charge in [0.2, 0.25) is 0 Å². The molecule has 4 rings (SSSR count). The van der Waals surface area contributed by atoms with Crippen molar-refractivity contribution in [3.8, 4) is 17.3 Å². The Morgan fingerprint density at radius 1 is 1.00 bits per heavy atom. The Morgan fingerprint density at radius 3 is 2.48 bits per heavy atom. The van der Waals surface area contributed by atoms with Gasteiger partial charge in [-0.05, 0) is 6.07 Å². The molecule has 160 valence electrons. The predicted molar refractivity (Wildman–Crippen MR) is 107 cm³/mol. The Bertz CT molecular complexity index is 1200. The normalized spacial score (nSPS) is 16.6. The summed E-state index contributed by atoms with van der Waals surface area (Å²) >= 11 is 0. The summed E-state index contributed by atoms with van der Waals surface area (Å²) in [4.78, 5) is 16.4. The fourth-order valence-corrected chi connectivity index (χ4v) is 3.05. The number of nitrogen functional groups attached to an aromatic ring is 2. The molecule has 0 aliphatic carbocycles. The highest BCUT2D eigenvalue weighted by Crippen LogP contribution is 2.33. The van der Waals surface area contributed by atoms with Crippen molar-refractivity contribution in [2.45, 2.75) is 19.0 Å². The van der Waals surface area contributed by atoms with Crippen molar-refractivity contribution in [1.82, 2.24) is 24.6 Å². The zero-order chi connectivity index (χ0) is 22.2. The summed E-state index contributed by atoms with van der Waals surface area (Å²) in [6.45, 7) is 0. The van der Waals surface area contributed by atoms with Gasteiger partial charge in [-0.2, -0.15) is 18.3 Å². The predicted octanol–water partition coefficient (Wildman–Crippen LogP) is 2.68. The maximum atomic E-state index is 13.3. The van der Waals surface area contributed by atoms with Gasteiger partial charge < -0.3 is 16.2 Å². The first-order chi connectivity index (χ1) is 14.8. The van der Waals surface area contributed by atoms with E-state index in [2.05, 4.69) is 25.0 Å². The number of fused-ring (bicyclic) bond motifs is 1. The molecule has 0 aromatic carbocycles. The lowest BCUT2D eigenvalue weighted by Crippen LogP contribution is -2.14. The van der Waals surface area contributed by atoms with E-state index in [0.717, 1.165) is 6.07 Å². The summed E-state index contributed by atoms with van der Waals surface area (Å²) in [6, 6.07) is 0.943. The number of hydrogen-bond donors (Lipinski definition) is 2. The van der Waals surface area contributed by atoms with E-state index in [9.17, 15) is 13.2 Å². The number of imidazole rings is 1. The first kappa shape index (κ1) is 20.3. The summed E-state index contributed by atoms with van der Waals surface area (Å²) < 4.78 is 46.5. The number of hydrogen-bond acceptors (Lipinski definition) is 8. The molecule has 0 saturated heterocycles. The van der Waals surface area contributed by atoms with Gasteiger partial charge in [-0.15, -0.1) is 0 Å². The fourth-order valence-electron chi connectivity index (χ4n) is 3.05. The number of pyridine rings is 1. The summed E-state index contributed by atoms with van der Waals surface area (Å²) in [7, 11) is 1.42. The summed E-state index contributed by atoms with van der Waals surface area (Å²) in [5.41, 5.74) is 11.6. The second-order valence-corrected chi connectivity index (χ2v) is 6.60. The van der Waals surface area contributed by atoms with Crippen LogP contribution >= 0.6 is 0 Å². The summed E-state index contributed by atoms with van der Waals surface area (Å²) in [5.74, 6) is 0.242. The number of halogens is 3. The molecule has 1 aliphatic heterocycles. The maximum absolute atomic E-state index is 13.3. The molecular formula is C19H17F3N8O. The Kier molecular flexibility index (Phi) is 5.05. The zero-order valence-electron chi connectivity index (χ0n) is 16.3. The van der Waals surface area contributed by atoms with Gasteiger partial charge >= 0.3 is 6.18 Å². The number of methoxy groups -OCH3 is 1. The van der Waals surface area contributed by atoms with Gasteiger partial charge in [-0.25, -0.2) is 24.6 Å². The number of nitrogens with two attached hydrogens (primary N) is 2. The maximum Gasteiger partial charge on any atom is 0.419 e. The number of ether oxygens (including phenoxy) is 1. The van der Waals surface area contributed by atoms with E-state index < -0.39 is 17.6 Å². The minimum absolute atomic E-state index is 0.124. The lowest BCUT2D eigenvalue weighted by atomic mass is 10.1. The Morgan fingerprint density at radius 2 is 1.74 bits per heavy atom. The smallest absolute Gasteiger partial charge is 0.419 e. The Hall–Kier alpha value is -3.96. The molecule has 1 aliphatic rings. The van der Waals surface area contributed by atoms with Gasteiger partial charge in [0.25, 0.3) is 5.88 Å². The molecule has 0 spiro atoms. The second kappa shape index (κ2) is 7.70. The van der Waals surface area contributed by atoms with E-state index in [-0.39, 0.29) is 23.7 Å². The molecule has 0 saturated carbocycles. The van der Waals surface area contributed by atoms with E-state index in [1.54, 1.807) is 6.20 Å². The third-order valence-electron chi connectivity index (χ3n) is 4.59. The third-order valence-corrected chi connectivity index (χ3v) is 4.59. The van der Waals surface area contributed by atoms with E-state index in [1.807, 2.05) is 12.2 Å². The molecule has 4 N–H and O–H groups in total. The minimum atomic E-state index is -4.63. The topological polar surface area (TPSA) is 130 Å². The standard InChI is InChI=1S/C19H17F3N8O/c1-31-18-17(24)27-8-13(28-18)14-9-25-15-5-3-2-4-12(29-30(14)15)10-6-11(19(20,21)22)16(23)26-7-10/h2-3,6-9H,4-5H2,1H3,(H2,23,26)(H2,24,27)/b3-2-,29-12+. The van der Waals surface area contributed by atoms with Crippen LogP contribution < -0.4 is 16.2 Å². The highest BCUT2D eigenvalue weighted by atomic mass is 19.4. The second-order valence-electron chi connectivity index (χ2n) is 6.60. The molecule has 0 unspecified atom stereocenters. The van der Waals surface area contributed by atoms with Gasteiger partial charge in [0.1, 0.15) is 23.0 Å². The Labute approximate surface area is 174 Å². The van der Waals surface area contributed by atoms with Crippen molar-refractivity contribution in [2.24, 2.45) is 5.10 Å². The Balaban J connectivity index is 1.85. The van der Waals surface area contributed by atoms with Crippen LogP contribution in [-0.4, -0.2) is 37.4 Å². The van der Waals surface area contributed by atoms with Crippen LogP contribution in [0.3, 0.4) is 0 Å². The molecule has 0 amide bonds. The molecular weight excluding hydrogens is 413 g/mol.